The Hall–Kier alpha value is -2.75. The van der Waals surface area contributed by atoms with Gasteiger partial charge in [0, 0.05) is 15.6 Å². The zero-order valence-corrected chi connectivity index (χ0v) is 20.7. The summed E-state index contributed by atoms with van der Waals surface area (Å²) in [6, 6.07) is 15.2. The monoisotopic (exact) mass is 429 g/mol. The fourth-order valence-electron chi connectivity index (χ4n) is 5.11. The fourth-order valence-corrected chi connectivity index (χ4v) is 5.11. The van der Waals surface area contributed by atoms with Crippen molar-refractivity contribution in [2.75, 3.05) is 16.7 Å². The summed E-state index contributed by atoms with van der Waals surface area (Å²) in [5.74, 6) is 1.73. The molecule has 4 rings (SSSR count). The van der Waals surface area contributed by atoms with Gasteiger partial charge in [-0.25, -0.2) is 4.57 Å². The summed E-state index contributed by atoms with van der Waals surface area (Å²) in [5.41, 5.74) is 8.76. The van der Waals surface area contributed by atoms with Crippen LogP contribution >= 0.6 is 0 Å². The van der Waals surface area contributed by atoms with Crippen molar-refractivity contribution in [2.45, 2.75) is 60.2 Å². The number of para-hydroxylation sites is 1. The van der Waals surface area contributed by atoms with Crippen LogP contribution in [-0.2, 0) is 7.05 Å². The first-order valence-electron chi connectivity index (χ1n) is 13.1. The van der Waals surface area contributed by atoms with E-state index in [1.807, 2.05) is 24.6 Å². The van der Waals surface area contributed by atoms with E-state index in [-0.39, 0.29) is 6.98 Å². The van der Waals surface area contributed by atoms with E-state index in [9.17, 15) is 0 Å². The van der Waals surface area contributed by atoms with E-state index < -0.39 is 6.85 Å². The van der Waals surface area contributed by atoms with Crippen molar-refractivity contribution in [3.63, 3.8) is 0 Å². The summed E-state index contributed by atoms with van der Waals surface area (Å²) in [4.78, 5) is 4.79. The Morgan fingerprint density at radius 3 is 2.12 bits per heavy atom. The van der Waals surface area contributed by atoms with Crippen molar-refractivity contribution in [3.05, 3.63) is 76.5 Å². The highest BCUT2D eigenvalue weighted by atomic mass is 15.3. The number of anilines is 3. The van der Waals surface area contributed by atoms with Crippen molar-refractivity contribution in [1.82, 2.24) is 0 Å². The van der Waals surface area contributed by atoms with E-state index in [4.69, 9.17) is 4.11 Å². The Labute approximate surface area is 199 Å². The molecular formula is C28H37BN3+. The second kappa shape index (κ2) is 8.31. The van der Waals surface area contributed by atoms with Gasteiger partial charge in [0.05, 0.1) is 18.9 Å². The molecule has 3 aromatic rings. The van der Waals surface area contributed by atoms with Gasteiger partial charge in [0.1, 0.15) is 5.69 Å². The molecule has 3 nitrogen and oxygen atoms in total. The van der Waals surface area contributed by atoms with Crippen LogP contribution in [0.2, 0.25) is 0 Å². The van der Waals surface area contributed by atoms with Crippen molar-refractivity contribution in [3.8, 4) is 0 Å². The quantitative estimate of drug-likeness (QED) is 0.391. The highest BCUT2D eigenvalue weighted by molar-refractivity contribution is 6.83. The minimum absolute atomic E-state index is 0.0497. The minimum atomic E-state index is -2.15. The Morgan fingerprint density at radius 2 is 1.53 bits per heavy atom. The van der Waals surface area contributed by atoms with Crippen LogP contribution in [0.15, 0.2) is 48.7 Å². The Bertz CT molecular complexity index is 1240. The van der Waals surface area contributed by atoms with Crippen LogP contribution in [0, 0.1) is 20.7 Å². The van der Waals surface area contributed by atoms with Gasteiger partial charge in [-0.2, -0.15) is 0 Å². The molecule has 4 heteroatoms. The highest BCUT2D eigenvalue weighted by Crippen LogP contribution is 2.44. The molecule has 0 atom stereocenters. The Morgan fingerprint density at radius 1 is 0.906 bits per heavy atom. The predicted molar refractivity (Wildman–Crippen MR) is 139 cm³/mol. The first-order chi connectivity index (χ1) is 16.3. The molecule has 0 bridgehead atoms. The summed E-state index contributed by atoms with van der Waals surface area (Å²) in [5, 5.41) is 0. The van der Waals surface area contributed by atoms with Gasteiger partial charge in [-0.15, -0.1) is 0 Å². The van der Waals surface area contributed by atoms with Gasteiger partial charge in [0.25, 0.3) is 5.82 Å². The number of aromatic nitrogens is 1. The number of fused-ring (bicyclic) bond motifs is 1. The second-order valence-corrected chi connectivity index (χ2v) is 9.80. The van der Waals surface area contributed by atoms with Gasteiger partial charge < -0.3 is 4.81 Å². The number of nitrogens with zero attached hydrogens (tertiary/aromatic N) is 3. The standard InChI is InChI=1S/C28H37BN3/c1-18(2)23-13-11-14-24(19(3)4)27(23)29-31(9)25-15-10-12-20(5)28(25)32(29)26-16-21(6)22(7)17-30(26)8/h10-19H,1-9H3/q+1/i7D3. The van der Waals surface area contributed by atoms with E-state index in [2.05, 4.69) is 87.7 Å². The smallest absolute Gasteiger partial charge is 0.369 e. The predicted octanol–water partition coefficient (Wildman–Crippen LogP) is 5.67. The van der Waals surface area contributed by atoms with Crippen LogP contribution in [-0.4, -0.2) is 14.0 Å². The van der Waals surface area contributed by atoms with Gasteiger partial charge in [-0.3, -0.25) is 4.81 Å². The summed E-state index contributed by atoms with van der Waals surface area (Å²) in [6.45, 7) is 10.9. The highest BCUT2D eigenvalue weighted by Gasteiger charge is 2.51. The minimum Gasteiger partial charge on any atom is -0.369 e. The van der Waals surface area contributed by atoms with Crippen LogP contribution in [0.5, 0.6) is 0 Å². The molecule has 0 fully saturated rings. The molecule has 0 saturated carbocycles. The molecular weight excluding hydrogens is 389 g/mol. The van der Waals surface area contributed by atoms with E-state index in [1.54, 1.807) is 6.20 Å². The second-order valence-electron chi connectivity index (χ2n) is 9.80. The van der Waals surface area contributed by atoms with Crippen LogP contribution in [0.1, 0.15) is 71.5 Å². The molecule has 1 aliphatic heterocycles. The topological polar surface area (TPSA) is 10.4 Å². The zero-order valence-electron chi connectivity index (χ0n) is 23.7. The number of hydrogen-bond acceptors (Lipinski definition) is 2. The molecule has 0 N–H and O–H groups in total. The molecule has 1 aliphatic rings. The van der Waals surface area contributed by atoms with E-state index in [1.165, 1.54) is 33.5 Å². The first-order valence-corrected chi connectivity index (χ1v) is 11.6. The molecule has 32 heavy (non-hydrogen) atoms. The molecule has 0 amide bonds. The molecule has 2 aromatic carbocycles. The average molecular weight is 429 g/mol. The first kappa shape index (κ1) is 18.8. The number of benzene rings is 2. The number of aryl methyl sites for hydroxylation is 4. The fraction of sp³-hybridized carbons (Fsp3) is 0.393. The van der Waals surface area contributed by atoms with Crippen molar-refractivity contribution in [2.24, 2.45) is 7.05 Å². The lowest BCUT2D eigenvalue weighted by Crippen LogP contribution is -2.58. The van der Waals surface area contributed by atoms with Crippen LogP contribution in [0.3, 0.4) is 0 Å². The lowest BCUT2D eigenvalue weighted by molar-refractivity contribution is -0.658. The summed E-state index contributed by atoms with van der Waals surface area (Å²) in [6.07, 6.45) is 1.78. The molecule has 0 saturated heterocycles. The van der Waals surface area contributed by atoms with Crippen molar-refractivity contribution >= 4 is 29.6 Å². The molecule has 2 heterocycles. The maximum atomic E-state index is 8.00. The third kappa shape index (κ3) is 3.50. The number of pyridine rings is 1. The summed E-state index contributed by atoms with van der Waals surface area (Å²) in [7, 11) is 4.13. The summed E-state index contributed by atoms with van der Waals surface area (Å²) >= 11 is 0. The lowest BCUT2D eigenvalue weighted by Gasteiger charge is -2.28. The third-order valence-corrected chi connectivity index (χ3v) is 6.83. The lowest BCUT2D eigenvalue weighted by atomic mass is 9.59. The maximum absolute atomic E-state index is 8.00. The Balaban J connectivity index is 2.06. The molecule has 0 spiro atoms. The molecule has 166 valence electrons. The number of rotatable bonds is 4. The van der Waals surface area contributed by atoms with E-state index in [0.29, 0.717) is 17.4 Å². The van der Waals surface area contributed by atoms with E-state index >= 15 is 0 Å². The van der Waals surface area contributed by atoms with Gasteiger partial charge in [0.2, 0.25) is 0 Å². The molecule has 0 radical (unpaired) electrons. The normalized spacial score (nSPS) is 15.3. The van der Waals surface area contributed by atoms with Gasteiger partial charge in [-0.05, 0) is 73.5 Å². The Kier molecular flexibility index (Phi) is 4.88. The SMILES string of the molecule is [2H]C([2H])([2H])c1c[n+](C)c(N2B(c3c(C(C)C)cccc3C(C)C)N(C)c3cccc(C)c32)cc1C. The van der Waals surface area contributed by atoms with E-state index in [0.717, 1.165) is 11.4 Å². The van der Waals surface area contributed by atoms with Gasteiger partial charge in [-0.1, -0.05) is 58.0 Å². The molecule has 0 unspecified atom stereocenters. The molecule has 0 aliphatic carbocycles. The van der Waals surface area contributed by atoms with Crippen LogP contribution in [0.4, 0.5) is 17.2 Å². The largest absolute Gasteiger partial charge is 0.538 e. The maximum Gasteiger partial charge on any atom is 0.538 e. The zero-order chi connectivity index (χ0) is 25.8. The summed E-state index contributed by atoms with van der Waals surface area (Å²) < 4.78 is 26.0. The van der Waals surface area contributed by atoms with Gasteiger partial charge >= 0.3 is 6.98 Å². The third-order valence-electron chi connectivity index (χ3n) is 6.83. The van der Waals surface area contributed by atoms with Crippen molar-refractivity contribution in [1.29, 1.82) is 0 Å². The van der Waals surface area contributed by atoms with Gasteiger partial charge in [0.15, 0.2) is 0 Å². The van der Waals surface area contributed by atoms with Crippen LogP contribution in [0.25, 0.3) is 0 Å². The average Bonchev–Trinajstić information content (AvgIpc) is 3.06. The number of hydrogen-bond donors (Lipinski definition) is 0. The van der Waals surface area contributed by atoms with Crippen molar-refractivity contribution < 1.29 is 8.68 Å². The van der Waals surface area contributed by atoms with Crippen LogP contribution < -0.4 is 19.7 Å². The molecule has 1 aromatic heterocycles.